The van der Waals surface area contributed by atoms with Gasteiger partial charge in [-0.1, -0.05) is 37.9 Å². The van der Waals surface area contributed by atoms with E-state index in [1.54, 1.807) is 12.3 Å². The van der Waals surface area contributed by atoms with Gasteiger partial charge in [0, 0.05) is 25.9 Å². The van der Waals surface area contributed by atoms with E-state index in [-0.39, 0.29) is 11.6 Å². The third-order valence-electron chi connectivity index (χ3n) is 2.88. The van der Waals surface area contributed by atoms with Gasteiger partial charge in [-0.2, -0.15) is 4.39 Å². The summed E-state index contributed by atoms with van der Waals surface area (Å²) in [7, 11) is 0. The van der Waals surface area contributed by atoms with Crippen molar-refractivity contribution in [2.45, 2.75) is 0 Å². The molecule has 3 rings (SSSR count). The highest BCUT2D eigenvalue weighted by Gasteiger charge is 2.14. The first kappa shape index (κ1) is 14.4. The molecule has 0 amide bonds. The smallest absolute Gasteiger partial charge is 0.227 e. The SMILES string of the molecule is Fc1cc(Br)cc(Oc2nccc3c(Br)cccc23)c1F. The lowest BCUT2D eigenvalue weighted by atomic mass is 10.2. The second-order valence-electron chi connectivity index (χ2n) is 4.25. The summed E-state index contributed by atoms with van der Waals surface area (Å²) in [6.45, 7) is 0. The Hall–Kier alpha value is -1.53. The molecule has 0 radical (unpaired) electrons. The van der Waals surface area contributed by atoms with Crippen LogP contribution in [-0.2, 0) is 0 Å². The molecule has 0 bridgehead atoms. The topological polar surface area (TPSA) is 22.1 Å². The Bertz CT molecular complexity index is 839. The lowest BCUT2D eigenvalue weighted by Gasteiger charge is -2.10. The first-order valence-corrected chi connectivity index (χ1v) is 7.50. The third-order valence-corrected chi connectivity index (χ3v) is 4.03. The van der Waals surface area contributed by atoms with Gasteiger partial charge in [0.2, 0.25) is 11.7 Å². The molecule has 0 aliphatic rings. The largest absolute Gasteiger partial charge is 0.435 e. The van der Waals surface area contributed by atoms with Crippen LogP contribution in [0, 0.1) is 11.6 Å². The number of pyridine rings is 1. The summed E-state index contributed by atoms with van der Waals surface area (Å²) in [4.78, 5) is 4.10. The van der Waals surface area contributed by atoms with Crippen molar-refractivity contribution in [3.05, 3.63) is 63.2 Å². The fourth-order valence-electron chi connectivity index (χ4n) is 1.93. The van der Waals surface area contributed by atoms with E-state index in [1.807, 2.05) is 18.2 Å². The highest BCUT2D eigenvalue weighted by atomic mass is 79.9. The van der Waals surface area contributed by atoms with Crippen molar-refractivity contribution in [1.29, 1.82) is 0 Å². The van der Waals surface area contributed by atoms with Gasteiger partial charge >= 0.3 is 0 Å². The van der Waals surface area contributed by atoms with Gasteiger partial charge in [0.05, 0.1) is 0 Å². The summed E-state index contributed by atoms with van der Waals surface area (Å²) in [5.74, 6) is -2.04. The van der Waals surface area contributed by atoms with Gasteiger partial charge in [-0.15, -0.1) is 0 Å². The summed E-state index contributed by atoms with van der Waals surface area (Å²) < 4.78 is 33.9. The maximum Gasteiger partial charge on any atom is 0.227 e. The van der Waals surface area contributed by atoms with Gasteiger partial charge in [-0.3, -0.25) is 0 Å². The molecule has 0 saturated heterocycles. The van der Waals surface area contributed by atoms with Crippen molar-refractivity contribution in [3.63, 3.8) is 0 Å². The average Bonchev–Trinajstić information content (AvgIpc) is 2.45. The first-order valence-electron chi connectivity index (χ1n) is 5.92. The van der Waals surface area contributed by atoms with Crippen molar-refractivity contribution in [2.75, 3.05) is 0 Å². The number of ether oxygens (including phenoxy) is 1. The lowest BCUT2D eigenvalue weighted by Crippen LogP contribution is -1.95. The molecule has 1 heterocycles. The van der Waals surface area contributed by atoms with Crippen molar-refractivity contribution < 1.29 is 13.5 Å². The molecule has 0 fully saturated rings. The highest BCUT2D eigenvalue weighted by Crippen LogP contribution is 2.34. The quantitative estimate of drug-likeness (QED) is 0.492. The Labute approximate surface area is 136 Å². The van der Waals surface area contributed by atoms with Gasteiger partial charge in [-0.05, 0) is 30.3 Å². The molecule has 0 saturated carbocycles. The zero-order valence-corrected chi connectivity index (χ0v) is 13.6. The zero-order chi connectivity index (χ0) is 15.0. The van der Waals surface area contributed by atoms with Crippen LogP contribution in [0.4, 0.5) is 8.78 Å². The first-order chi connectivity index (χ1) is 10.1. The molecule has 0 aliphatic carbocycles. The van der Waals surface area contributed by atoms with Crippen LogP contribution < -0.4 is 4.74 Å². The lowest BCUT2D eigenvalue weighted by molar-refractivity contribution is 0.408. The van der Waals surface area contributed by atoms with E-state index in [9.17, 15) is 8.78 Å². The molecule has 21 heavy (non-hydrogen) atoms. The number of nitrogens with zero attached hydrogens (tertiary/aromatic N) is 1. The number of hydrogen-bond acceptors (Lipinski definition) is 2. The monoisotopic (exact) mass is 413 g/mol. The maximum absolute atomic E-state index is 13.8. The van der Waals surface area contributed by atoms with Gasteiger partial charge < -0.3 is 4.74 Å². The van der Waals surface area contributed by atoms with E-state index in [0.717, 1.165) is 15.9 Å². The molecule has 3 aromatic rings. The molecular weight excluding hydrogens is 408 g/mol. The standard InChI is InChI=1S/C15H7Br2F2NO/c16-8-6-12(18)14(19)13(7-8)21-15-10-2-1-3-11(17)9(10)4-5-20-15/h1-7H. The number of rotatable bonds is 2. The number of hydrogen-bond donors (Lipinski definition) is 0. The highest BCUT2D eigenvalue weighted by molar-refractivity contribution is 9.11. The van der Waals surface area contributed by atoms with E-state index in [4.69, 9.17) is 4.74 Å². The number of benzene rings is 2. The van der Waals surface area contributed by atoms with Crippen molar-refractivity contribution in [2.24, 2.45) is 0 Å². The summed E-state index contributed by atoms with van der Waals surface area (Å²) in [5.41, 5.74) is 0. The Morgan fingerprint density at radius 2 is 1.81 bits per heavy atom. The van der Waals surface area contributed by atoms with Crippen LogP contribution >= 0.6 is 31.9 Å². The van der Waals surface area contributed by atoms with Gasteiger partial charge in [0.25, 0.3) is 0 Å². The summed E-state index contributed by atoms with van der Waals surface area (Å²) in [5, 5.41) is 1.57. The minimum Gasteiger partial charge on any atom is -0.435 e. The fraction of sp³-hybridized carbons (Fsp3) is 0. The van der Waals surface area contributed by atoms with E-state index in [1.165, 1.54) is 6.07 Å². The zero-order valence-electron chi connectivity index (χ0n) is 10.4. The minimum absolute atomic E-state index is 0.213. The number of aromatic nitrogens is 1. The van der Waals surface area contributed by atoms with Crippen LogP contribution in [0.2, 0.25) is 0 Å². The molecule has 0 aliphatic heterocycles. The molecule has 0 atom stereocenters. The normalized spacial score (nSPS) is 10.9. The Kier molecular flexibility index (Phi) is 3.91. The summed E-state index contributed by atoms with van der Waals surface area (Å²) in [6, 6.07) is 9.70. The molecule has 2 nitrogen and oxygen atoms in total. The van der Waals surface area contributed by atoms with E-state index in [2.05, 4.69) is 36.8 Å². The predicted octanol–water partition coefficient (Wildman–Crippen LogP) is 5.83. The molecule has 6 heteroatoms. The van der Waals surface area contributed by atoms with E-state index >= 15 is 0 Å². The van der Waals surface area contributed by atoms with Crippen LogP contribution in [-0.4, -0.2) is 4.98 Å². The number of halogens is 4. The third kappa shape index (κ3) is 2.78. The second kappa shape index (κ2) is 5.69. The van der Waals surface area contributed by atoms with Crippen molar-refractivity contribution in [1.82, 2.24) is 4.98 Å². The second-order valence-corrected chi connectivity index (χ2v) is 6.02. The van der Waals surface area contributed by atoms with Crippen LogP contribution in [0.3, 0.4) is 0 Å². The van der Waals surface area contributed by atoms with E-state index < -0.39 is 11.6 Å². The van der Waals surface area contributed by atoms with Crippen molar-refractivity contribution in [3.8, 4) is 11.6 Å². The van der Waals surface area contributed by atoms with Crippen LogP contribution in [0.15, 0.2) is 51.5 Å². The number of fused-ring (bicyclic) bond motifs is 1. The molecular formula is C15H7Br2F2NO. The van der Waals surface area contributed by atoms with Gasteiger partial charge in [0.15, 0.2) is 11.6 Å². The molecule has 2 aromatic carbocycles. The summed E-state index contributed by atoms with van der Waals surface area (Å²) >= 11 is 6.54. The Morgan fingerprint density at radius 1 is 1.00 bits per heavy atom. The molecule has 0 spiro atoms. The molecule has 0 unspecified atom stereocenters. The maximum atomic E-state index is 13.8. The van der Waals surface area contributed by atoms with Crippen LogP contribution in [0.25, 0.3) is 10.8 Å². The van der Waals surface area contributed by atoms with Gasteiger partial charge in [0.1, 0.15) is 0 Å². The van der Waals surface area contributed by atoms with Gasteiger partial charge in [-0.25, -0.2) is 9.37 Å². The summed E-state index contributed by atoms with van der Waals surface area (Å²) in [6.07, 6.45) is 1.55. The van der Waals surface area contributed by atoms with Crippen LogP contribution in [0.1, 0.15) is 0 Å². The fourth-order valence-corrected chi connectivity index (χ4v) is 2.84. The molecule has 1 aromatic heterocycles. The Morgan fingerprint density at radius 3 is 2.62 bits per heavy atom. The molecule has 106 valence electrons. The average molecular weight is 415 g/mol. The van der Waals surface area contributed by atoms with Crippen molar-refractivity contribution >= 4 is 42.6 Å². The van der Waals surface area contributed by atoms with E-state index in [0.29, 0.717) is 9.86 Å². The predicted molar refractivity (Wildman–Crippen MR) is 83.6 cm³/mol. The molecule has 0 N–H and O–H groups in total. The Balaban J connectivity index is 2.13. The minimum atomic E-state index is -1.05. The van der Waals surface area contributed by atoms with Crippen LogP contribution in [0.5, 0.6) is 11.6 Å².